The molecule has 1 aliphatic rings. The second-order valence-electron chi connectivity index (χ2n) is 19.2. The minimum atomic E-state index is -5.09. The highest BCUT2D eigenvalue weighted by Gasteiger charge is 2.48. The van der Waals surface area contributed by atoms with Gasteiger partial charge in [-0.15, -0.1) is 0 Å². The summed E-state index contributed by atoms with van der Waals surface area (Å²) in [5.74, 6) is -0.273. The van der Waals surface area contributed by atoms with Gasteiger partial charge in [0.15, 0.2) is 6.29 Å². The Morgan fingerprint density at radius 2 is 0.985 bits per heavy atom. The van der Waals surface area contributed by atoms with Gasteiger partial charge in [0.1, 0.15) is 24.4 Å². The van der Waals surface area contributed by atoms with Crippen LogP contribution >= 0.6 is 0 Å². The van der Waals surface area contributed by atoms with Crippen LogP contribution in [0.3, 0.4) is 0 Å². The maximum absolute atomic E-state index is 13.1. The number of unbranched alkanes of at least 4 members (excludes halogenated alkanes) is 32. The standard InChI is InChI=1S/C54H101NO11S/c1-3-5-7-9-11-13-15-17-19-20-21-22-23-24-25-26-27-28-30-31-33-35-37-39-41-43-48(57)47(46-64-54-52(60)53(66-67(61,62)63)51(59)49(45-56)65-54)55-50(58)44-42-40-38-36-34-32-29-18-16-14-12-10-8-6-4-2/h12,14,16,18,41,43,47-49,51-54,56-57,59-60H,3-11,13,15,17,19-40,42,44-46H2,1-2H3,(H,55,58)(H,61,62,63)/b14-12-,18-16-,43-41+. The summed E-state index contributed by atoms with van der Waals surface area (Å²) in [5.41, 5.74) is 0. The average Bonchev–Trinajstić information content (AvgIpc) is 3.30. The first-order valence-corrected chi connectivity index (χ1v) is 28.8. The van der Waals surface area contributed by atoms with Crippen LogP contribution in [-0.4, -0.2) is 95.4 Å². The Labute approximate surface area is 409 Å². The van der Waals surface area contributed by atoms with E-state index in [0.717, 1.165) is 64.2 Å². The summed E-state index contributed by atoms with van der Waals surface area (Å²) in [5, 5.41) is 44.9. The van der Waals surface area contributed by atoms with Crippen LogP contribution in [0.2, 0.25) is 0 Å². The van der Waals surface area contributed by atoms with Crippen LogP contribution in [0.5, 0.6) is 0 Å². The minimum absolute atomic E-state index is 0.255. The van der Waals surface area contributed by atoms with Gasteiger partial charge in [0.25, 0.3) is 0 Å². The summed E-state index contributed by atoms with van der Waals surface area (Å²) in [4.78, 5) is 13.1. The predicted molar refractivity (Wildman–Crippen MR) is 273 cm³/mol. The molecule has 1 rings (SSSR count). The molecule has 0 radical (unpaired) electrons. The van der Waals surface area contributed by atoms with Gasteiger partial charge < -0.3 is 35.2 Å². The monoisotopic (exact) mass is 972 g/mol. The van der Waals surface area contributed by atoms with E-state index in [1.165, 1.54) is 154 Å². The number of rotatable bonds is 47. The van der Waals surface area contributed by atoms with Gasteiger partial charge in [-0.1, -0.05) is 230 Å². The zero-order chi connectivity index (χ0) is 49.1. The van der Waals surface area contributed by atoms with Crippen molar-refractivity contribution in [2.45, 2.75) is 288 Å². The van der Waals surface area contributed by atoms with Crippen LogP contribution in [0, 0.1) is 0 Å². The summed E-state index contributed by atoms with van der Waals surface area (Å²) in [6, 6.07) is -0.950. The van der Waals surface area contributed by atoms with Crippen LogP contribution in [-0.2, 0) is 28.9 Å². The van der Waals surface area contributed by atoms with Crippen LogP contribution in [0.4, 0.5) is 0 Å². The molecule has 0 aromatic carbocycles. The molecule has 1 fully saturated rings. The third kappa shape index (κ3) is 36.9. The number of hydrogen-bond donors (Lipinski definition) is 6. The molecule has 0 aromatic heterocycles. The molecule has 1 heterocycles. The van der Waals surface area contributed by atoms with Crippen molar-refractivity contribution < 1.29 is 51.8 Å². The van der Waals surface area contributed by atoms with Crippen molar-refractivity contribution in [3.8, 4) is 0 Å². The van der Waals surface area contributed by atoms with Crippen molar-refractivity contribution in [3.05, 3.63) is 36.5 Å². The third-order valence-electron chi connectivity index (χ3n) is 12.9. The van der Waals surface area contributed by atoms with Crippen LogP contribution in [0.1, 0.15) is 245 Å². The van der Waals surface area contributed by atoms with Gasteiger partial charge in [-0.2, -0.15) is 8.42 Å². The van der Waals surface area contributed by atoms with E-state index in [4.69, 9.17) is 9.47 Å². The lowest BCUT2D eigenvalue weighted by atomic mass is 9.99. The fourth-order valence-corrected chi connectivity index (χ4v) is 9.19. The summed E-state index contributed by atoms with van der Waals surface area (Å²) in [6.07, 6.45) is 46.2. The molecule has 1 aliphatic heterocycles. The van der Waals surface area contributed by atoms with Gasteiger partial charge in [-0.25, -0.2) is 4.18 Å². The van der Waals surface area contributed by atoms with E-state index in [1.807, 2.05) is 6.08 Å². The Morgan fingerprint density at radius 1 is 0.597 bits per heavy atom. The number of aliphatic hydroxyl groups excluding tert-OH is 4. The maximum atomic E-state index is 13.1. The maximum Gasteiger partial charge on any atom is 0.397 e. The molecule has 7 unspecified atom stereocenters. The summed E-state index contributed by atoms with van der Waals surface area (Å²) in [7, 11) is -5.09. The summed E-state index contributed by atoms with van der Waals surface area (Å²) >= 11 is 0. The van der Waals surface area contributed by atoms with Crippen LogP contribution < -0.4 is 5.32 Å². The van der Waals surface area contributed by atoms with Crippen molar-refractivity contribution in [3.63, 3.8) is 0 Å². The molecule has 7 atom stereocenters. The number of allylic oxidation sites excluding steroid dienone is 5. The number of amides is 1. The largest absolute Gasteiger partial charge is 0.397 e. The molecular formula is C54H101NO11S. The molecule has 0 aromatic rings. The number of carbonyl (C=O) groups is 1. The van der Waals surface area contributed by atoms with Gasteiger partial charge in [-0.3, -0.25) is 9.35 Å². The Bertz CT molecular complexity index is 1330. The topological polar surface area (TPSA) is 192 Å². The van der Waals surface area contributed by atoms with E-state index < -0.39 is 59.9 Å². The van der Waals surface area contributed by atoms with Crippen molar-refractivity contribution in [2.24, 2.45) is 0 Å². The lowest BCUT2D eigenvalue weighted by Crippen LogP contribution is -2.61. The Morgan fingerprint density at radius 3 is 1.42 bits per heavy atom. The van der Waals surface area contributed by atoms with E-state index in [1.54, 1.807) is 6.08 Å². The van der Waals surface area contributed by atoms with Crippen LogP contribution in [0.25, 0.3) is 0 Å². The number of aliphatic hydroxyl groups is 4. The fourth-order valence-electron chi connectivity index (χ4n) is 8.68. The second-order valence-corrected chi connectivity index (χ2v) is 20.2. The lowest BCUT2D eigenvalue weighted by molar-refractivity contribution is -0.298. The zero-order valence-corrected chi connectivity index (χ0v) is 43.3. The molecule has 6 N–H and O–H groups in total. The summed E-state index contributed by atoms with van der Waals surface area (Å²) in [6.45, 7) is 3.37. The zero-order valence-electron chi connectivity index (χ0n) is 42.5. The number of carbonyl (C=O) groups excluding carboxylic acids is 1. The Kier molecular flexibility index (Phi) is 41.9. The molecule has 0 saturated carbocycles. The van der Waals surface area contributed by atoms with E-state index in [-0.39, 0.29) is 18.9 Å². The van der Waals surface area contributed by atoms with Crippen molar-refractivity contribution >= 4 is 16.3 Å². The molecular weight excluding hydrogens is 871 g/mol. The third-order valence-corrected chi connectivity index (χ3v) is 13.4. The number of hydrogen-bond acceptors (Lipinski definition) is 10. The number of nitrogens with one attached hydrogen (secondary N) is 1. The Hall–Kier alpha value is -1.68. The van der Waals surface area contributed by atoms with Crippen LogP contribution in [0.15, 0.2) is 36.5 Å². The SMILES string of the molecule is CCCCC/C=C\C=C/CCCCCCCCC(=O)NC(COC1OC(CO)C(O)C(OS(=O)(=O)O)C1O)C(O)/C=C/CCCCCCCCCCCCCCCCCCCCCCCCC. The molecule has 13 heteroatoms. The molecule has 394 valence electrons. The molecule has 0 bridgehead atoms. The first-order valence-electron chi connectivity index (χ1n) is 27.4. The van der Waals surface area contributed by atoms with Crippen molar-refractivity contribution in [1.82, 2.24) is 5.32 Å². The summed E-state index contributed by atoms with van der Waals surface area (Å²) < 4.78 is 47.7. The van der Waals surface area contributed by atoms with Gasteiger partial charge in [0.05, 0.1) is 25.4 Å². The minimum Gasteiger partial charge on any atom is -0.394 e. The predicted octanol–water partition coefficient (Wildman–Crippen LogP) is 12.2. The number of ether oxygens (including phenoxy) is 2. The van der Waals surface area contributed by atoms with E-state index >= 15 is 0 Å². The van der Waals surface area contributed by atoms with E-state index in [2.05, 4.69) is 47.7 Å². The molecule has 12 nitrogen and oxygen atoms in total. The highest BCUT2D eigenvalue weighted by atomic mass is 32.3. The lowest BCUT2D eigenvalue weighted by Gasteiger charge is -2.41. The first kappa shape index (κ1) is 63.3. The molecule has 0 spiro atoms. The van der Waals surface area contributed by atoms with Gasteiger partial charge in [0, 0.05) is 6.42 Å². The van der Waals surface area contributed by atoms with Crippen molar-refractivity contribution in [2.75, 3.05) is 13.2 Å². The smallest absolute Gasteiger partial charge is 0.394 e. The van der Waals surface area contributed by atoms with Gasteiger partial charge in [0.2, 0.25) is 5.91 Å². The fraction of sp³-hybridized carbons (Fsp3) is 0.870. The highest BCUT2D eigenvalue weighted by Crippen LogP contribution is 2.26. The van der Waals surface area contributed by atoms with Gasteiger partial charge in [-0.05, 0) is 44.9 Å². The van der Waals surface area contributed by atoms with E-state index in [9.17, 15) is 38.2 Å². The Balaban J connectivity index is 2.39. The first-order chi connectivity index (χ1) is 32.5. The average molecular weight is 972 g/mol. The highest BCUT2D eigenvalue weighted by molar-refractivity contribution is 7.80. The van der Waals surface area contributed by atoms with Crippen molar-refractivity contribution in [1.29, 1.82) is 0 Å². The molecule has 67 heavy (non-hydrogen) atoms. The normalized spacial score (nSPS) is 20.1. The quantitative estimate of drug-likeness (QED) is 0.0147. The van der Waals surface area contributed by atoms with E-state index in [0.29, 0.717) is 6.42 Å². The van der Waals surface area contributed by atoms with Gasteiger partial charge >= 0.3 is 10.4 Å². The molecule has 0 aliphatic carbocycles. The molecule has 1 saturated heterocycles. The second kappa shape index (κ2) is 44.3. The molecule has 1 amide bonds.